The van der Waals surface area contributed by atoms with Gasteiger partial charge in [-0.15, -0.1) is 0 Å². The molecule has 0 aliphatic carbocycles. The first kappa shape index (κ1) is 8.92. The van der Waals surface area contributed by atoms with Gasteiger partial charge in [0.25, 0.3) is 0 Å². The molecule has 0 amide bonds. The summed E-state index contributed by atoms with van der Waals surface area (Å²) >= 11 is 0. The monoisotopic (exact) mass is 131 g/mol. The molecule has 0 spiro atoms. The Labute approximate surface area is 56.5 Å². The number of hydrogen-bond acceptors (Lipinski definition) is 2. The molecule has 0 aromatic rings. The lowest BCUT2D eigenvalue weighted by Crippen LogP contribution is -2.26. The molecule has 3 atom stereocenters. The van der Waals surface area contributed by atoms with Crippen molar-refractivity contribution in [3.63, 3.8) is 0 Å². The second-order valence-corrected chi connectivity index (χ2v) is 2.38. The Morgan fingerprint density at radius 2 is 1.89 bits per heavy atom. The van der Waals surface area contributed by atoms with E-state index in [-0.39, 0.29) is 5.92 Å². The molecule has 2 N–H and O–H groups in total. The van der Waals surface area contributed by atoms with Crippen LogP contribution in [0.15, 0.2) is 0 Å². The highest BCUT2D eigenvalue weighted by molar-refractivity contribution is 4.73. The normalized spacial score (nSPS) is 21.0. The molecule has 9 heavy (non-hydrogen) atoms. The van der Waals surface area contributed by atoms with Gasteiger partial charge in [0.2, 0.25) is 0 Å². The van der Waals surface area contributed by atoms with Gasteiger partial charge in [0.15, 0.2) is 0 Å². The van der Waals surface area contributed by atoms with Gasteiger partial charge in [-0.3, -0.25) is 0 Å². The fourth-order valence-electron chi connectivity index (χ4n) is 0.935. The van der Waals surface area contributed by atoms with E-state index in [0.29, 0.717) is 0 Å². The van der Waals surface area contributed by atoms with Crippen molar-refractivity contribution in [3.8, 4) is 0 Å². The predicted molar refractivity (Wildman–Crippen MR) is 36.8 cm³/mol. The Balaban J connectivity index is 3.68. The largest absolute Gasteiger partial charge is 0.393 e. The van der Waals surface area contributed by atoms with E-state index in [2.05, 4.69) is 6.92 Å². The van der Waals surface area contributed by atoms with Crippen molar-refractivity contribution in [1.82, 2.24) is 0 Å². The molecule has 0 aromatic carbocycles. The van der Waals surface area contributed by atoms with Gasteiger partial charge < -0.3 is 10.2 Å². The van der Waals surface area contributed by atoms with Crippen molar-refractivity contribution >= 4 is 0 Å². The van der Waals surface area contributed by atoms with Crippen LogP contribution in [-0.4, -0.2) is 22.4 Å². The minimum absolute atomic E-state index is 0.0787. The fraction of sp³-hybridized carbons (Fsp3) is 0.857. The second-order valence-electron chi connectivity index (χ2n) is 2.38. The van der Waals surface area contributed by atoms with Gasteiger partial charge in [-0.05, 0) is 20.3 Å². The SMILES string of the molecule is [CH2]C(O)C(CC)C(C)O. The zero-order chi connectivity index (χ0) is 7.44. The predicted octanol–water partition coefficient (Wildman–Crippen LogP) is 0.588. The first-order valence-corrected chi connectivity index (χ1v) is 3.28. The number of hydrogen-bond donors (Lipinski definition) is 2. The third kappa shape index (κ3) is 2.82. The summed E-state index contributed by atoms with van der Waals surface area (Å²) in [5, 5.41) is 17.9. The first-order valence-electron chi connectivity index (χ1n) is 3.28. The molecule has 0 saturated carbocycles. The topological polar surface area (TPSA) is 40.5 Å². The zero-order valence-corrected chi connectivity index (χ0v) is 6.04. The highest BCUT2D eigenvalue weighted by Crippen LogP contribution is 2.12. The van der Waals surface area contributed by atoms with Crippen LogP contribution in [0.25, 0.3) is 0 Å². The van der Waals surface area contributed by atoms with Crippen molar-refractivity contribution in [2.75, 3.05) is 0 Å². The van der Waals surface area contributed by atoms with E-state index in [9.17, 15) is 0 Å². The molecule has 1 radical (unpaired) electrons. The maximum absolute atomic E-state index is 8.98. The Kier molecular flexibility index (Phi) is 3.82. The van der Waals surface area contributed by atoms with Crippen LogP contribution in [0.2, 0.25) is 0 Å². The Morgan fingerprint density at radius 1 is 1.44 bits per heavy atom. The average molecular weight is 131 g/mol. The standard InChI is InChI=1S/C7H15O2/c1-4-7(5(2)8)6(3)9/h5-9H,2,4H2,1,3H3. The van der Waals surface area contributed by atoms with E-state index in [0.717, 1.165) is 6.42 Å². The quantitative estimate of drug-likeness (QED) is 0.588. The summed E-state index contributed by atoms with van der Waals surface area (Å²) in [5.41, 5.74) is 0. The summed E-state index contributed by atoms with van der Waals surface area (Å²) in [6, 6.07) is 0. The summed E-state index contributed by atoms with van der Waals surface area (Å²) in [6.07, 6.45) is -0.333. The van der Waals surface area contributed by atoms with E-state index >= 15 is 0 Å². The van der Waals surface area contributed by atoms with E-state index < -0.39 is 12.2 Å². The van der Waals surface area contributed by atoms with Crippen LogP contribution in [0.5, 0.6) is 0 Å². The third-order valence-electron chi connectivity index (χ3n) is 1.59. The molecular weight excluding hydrogens is 116 g/mol. The molecule has 0 aromatic heterocycles. The van der Waals surface area contributed by atoms with Crippen LogP contribution in [0.4, 0.5) is 0 Å². The molecule has 2 heteroatoms. The molecule has 0 fully saturated rings. The minimum atomic E-state index is -0.644. The Morgan fingerprint density at radius 3 is 1.89 bits per heavy atom. The highest BCUT2D eigenvalue weighted by Gasteiger charge is 2.17. The molecule has 0 aliphatic heterocycles. The maximum Gasteiger partial charge on any atom is 0.0593 e. The van der Waals surface area contributed by atoms with Crippen molar-refractivity contribution in [3.05, 3.63) is 6.92 Å². The Hall–Kier alpha value is -0.0800. The molecule has 0 aliphatic rings. The van der Waals surface area contributed by atoms with Gasteiger partial charge in [-0.2, -0.15) is 0 Å². The third-order valence-corrected chi connectivity index (χ3v) is 1.59. The Bertz CT molecular complexity index is 61.3. The lowest BCUT2D eigenvalue weighted by Gasteiger charge is -2.20. The number of rotatable bonds is 3. The average Bonchev–Trinajstić information content (AvgIpc) is 1.64. The molecule has 0 saturated heterocycles. The maximum atomic E-state index is 8.98. The first-order chi connectivity index (χ1) is 4.09. The second kappa shape index (κ2) is 3.85. The van der Waals surface area contributed by atoms with Crippen LogP contribution in [0.1, 0.15) is 20.3 Å². The molecule has 0 rings (SSSR count). The lowest BCUT2D eigenvalue weighted by molar-refractivity contribution is 0.0428. The molecule has 0 bridgehead atoms. The smallest absolute Gasteiger partial charge is 0.0593 e. The fourth-order valence-corrected chi connectivity index (χ4v) is 0.935. The summed E-state index contributed by atoms with van der Waals surface area (Å²) in [7, 11) is 0. The van der Waals surface area contributed by atoms with E-state index in [1.165, 1.54) is 0 Å². The van der Waals surface area contributed by atoms with Crippen molar-refractivity contribution < 1.29 is 10.2 Å². The van der Waals surface area contributed by atoms with Crippen molar-refractivity contribution in [2.24, 2.45) is 5.92 Å². The van der Waals surface area contributed by atoms with Gasteiger partial charge in [-0.25, -0.2) is 0 Å². The van der Waals surface area contributed by atoms with Crippen LogP contribution in [0, 0.1) is 12.8 Å². The summed E-state index contributed by atoms with van der Waals surface area (Å²) in [6.45, 7) is 7.02. The lowest BCUT2D eigenvalue weighted by atomic mass is 9.95. The number of aliphatic hydroxyl groups excluding tert-OH is 2. The zero-order valence-electron chi connectivity index (χ0n) is 6.04. The van der Waals surface area contributed by atoms with Gasteiger partial charge >= 0.3 is 0 Å². The highest BCUT2D eigenvalue weighted by atomic mass is 16.3. The van der Waals surface area contributed by atoms with Gasteiger partial charge in [0.1, 0.15) is 0 Å². The van der Waals surface area contributed by atoms with Crippen LogP contribution < -0.4 is 0 Å². The van der Waals surface area contributed by atoms with Crippen LogP contribution >= 0.6 is 0 Å². The van der Waals surface area contributed by atoms with Gasteiger partial charge in [-0.1, -0.05) is 6.92 Å². The van der Waals surface area contributed by atoms with E-state index in [1.54, 1.807) is 6.92 Å². The summed E-state index contributed by atoms with van der Waals surface area (Å²) in [5.74, 6) is -0.0787. The molecular formula is C7H15O2. The van der Waals surface area contributed by atoms with Crippen LogP contribution in [-0.2, 0) is 0 Å². The minimum Gasteiger partial charge on any atom is -0.393 e. The molecule has 55 valence electrons. The molecule has 3 unspecified atom stereocenters. The summed E-state index contributed by atoms with van der Waals surface area (Å²) < 4.78 is 0. The van der Waals surface area contributed by atoms with E-state index in [4.69, 9.17) is 10.2 Å². The van der Waals surface area contributed by atoms with Gasteiger partial charge in [0, 0.05) is 5.92 Å². The molecule has 2 nitrogen and oxygen atoms in total. The number of aliphatic hydroxyl groups is 2. The van der Waals surface area contributed by atoms with Crippen molar-refractivity contribution in [1.29, 1.82) is 0 Å². The van der Waals surface area contributed by atoms with Crippen molar-refractivity contribution in [2.45, 2.75) is 32.5 Å². The van der Waals surface area contributed by atoms with Gasteiger partial charge in [0.05, 0.1) is 12.2 Å². The summed E-state index contributed by atoms with van der Waals surface area (Å²) in [4.78, 5) is 0. The van der Waals surface area contributed by atoms with Crippen LogP contribution in [0.3, 0.4) is 0 Å². The molecule has 0 heterocycles. The van der Waals surface area contributed by atoms with E-state index in [1.807, 2.05) is 6.92 Å².